The van der Waals surface area contributed by atoms with Crippen molar-refractivity contribution in [1.82, 2.24) is 9.47 Å². The number of pyridine rings is 1. The summed E-state index contributed by atoms with van der Waals surface area (Å²) in [6, 6.07) is 13.3. The van der Waals surface area contributed by atoms with Crippen LogP contribution in [-0.4, -0.2) is 78.2 Å². The normalized spacial score (nSPS) is 11.0. The van der Waals surface area contributed by atoms with Crippen molar-refractivity contribution < 1.29 is 33.2 Å². The molecule has 0 radical (unpaired) electrons. The molecule has 0 bridgehead atoms. The molecule has 0 aliphatic heterocycles. The molecule has 0 saturated carbocycles. The number of carbonyl (C=O) groups excluding carboxylic acids is 1. The molecule has 0 aliphatic carbocycles. The van der Waals surface area contributed by atoms with Crippen LogP contribution in [0.3, 0.4) is 0 Å². The summed E-state index contributed by atoms with van der Waals surface area (Å²) < 4.78 is 35.0. The first-order chi connectivity index (χ1) is 20.2. The maximum absolute atomic E-state index is 14.3. The number of nitrogens with zero attached hydrogens (tertiary/aromatic N) is 2. The molecule has 222 valence electrons. The van der Waals surface area contributed by atoms with Crippen molar-refractivity contribution in [2.45, 2.75) is 0 Å². The Bertz CT molecular complexity index is 1640. The maximum atomic E-state index is 14.3. The SMILES string of the molecule is COC(=O)c1c(-c2cc(OC)c(OC)c(OC)c2)c2cc(OC)c(OCCN(C)C)cc2c(=O)n1-c1ccc(N)cc1. The molecule has 4 rings (SSSR count). The molecule has 11 heteroatoms. The molecule has 0 unspecified atom stereocenters. The highest BCUT2D eigenvalue weighted by Gasteiger charge is 2.28. The largest absolute Gasteiger partial charge is 0.493 e. The molecule has 2 N–H and O–H groups in total. The number of nitrogens with two attached hydrogens (primary N) is 1. The van der Waals surface area contributed by atoms with E-state index in [0.29, 0.717) is 69.8 Å². The second-order valence-corrected chi connectivity index (χ2v) is 9.56. The topological polar surface area (TPSA) is 124 Å². The molecule has 11 nitrogen and oxygen atoms in total. The van der Waals surface area contributed by atoms with Gasteiger partial charge in [-0.15, -0.1) is 0 Å². The van der Waals surface area contributed by atoms with Crippen LogP contribution < -0.4 is 35.0 Å². The van der Waals surface area contributed by atoms with E-state index in [2.05, 4.69) is 0 Å². The summed E-state index contributed by atoms with van der Waals surface area (Å²) in [7, 11) is 11.1. The summed E-state index contributed by atoms with van der Waals surface area (Å²) >= 11 is 0. The molecule has 4 aromatic rings. The lowest BCUT2D eigenvalue weighted by atomic mass is 9.95. The third-order valence-corrected chi connectivity index (χ3v) is 6.75. The fourth-order valence-corrected chi connectivity index (χ4v) is 4.69. The van der Waals surface area contributed by atoms with Gasteiger partial charge >= 0.3 is 5.97 Å². The third kappa shape index (κ3) is 5.64. The number of ether oxygens (including phenoxy) is 6. The van der Waals surface area contributed by atoms with Gasteiger partial charge in [0.1, 0.15) is 12.3 Å². The van der Waals surface area contributed by atoms with Gasteiger partial charge in [-0.25, -0.2) is 4.79 Å². The number of nitrogen functional groups attached to an aromatic ring is 1. The van der Waals surface area contributed by atoms with Crippen molar-refractivity contribution in [1.29, 1.82) is 0 Å². The smallest absolute Gasteiger partial charge is 0.355 e. The van der Waals surface area contributed by atoms with Gasteiger partial charge in [0.15, 0.2) is 23.0 Å². The van der Waals surface area contributed by atoms with E-state index in [1.165, 1.54) is 40.1 Å². The van der Waals surface area contributed by atoms with Gasteiger partial charge in [-0.3, -0.25) is 9.36 Å². The third-order valence-electron chi connectivity index (χ3n) is 6.75. The summed E-state index contributed by atoms with van der Waals surface area (Å²) in [6.07, 6.45) is 0. The Morgan fingerprint density at radius 1 is 0.810 bits per heavy atom. The molecule has 0 atom stereocenters. The van der Waals surface area contributed by atoms with Crippen molar-refractivity contribution in [3.05, 3.63) is 64.6 Å². The number of likely N-dealkylation sites (N-methyl/N-ethyl adjacent to an activating group) is 1. The number of anilines is 1. The molecule has 0 saturated heterocycles. The van der Waals surface area contributed by atoms with Crippen LogP contribution in [0.2, 0.25) is 0 Å². The zero-order valence-corrected chi connectivity index (χ0v) is 24.8. The predicted molar refractivity (Wildman–Crippen MR) is 161 cm³/mol. The zero-order chi connectivity index (χ0) is 30.6. The van der Waals surface area contributed by atoms with Crippen LogP contribution in [-0.2, 0) is 4.74 Å². The van der Waals surface area contributed by atoms with E-state index >= 15 is 0 Å². The molecule has 1 heterocycles. The standard InChI is InChI=1S/C31H35N3O8/c1-33(2)12-13-42-24-17-22-21(16-23(24)37-3)27(18-14-25(38-4)29(40-6)26(15-18)39-5)28(31(36)41-7)34(30(22)35)20-10-8-19(32)9-11-20/h8-11,14-17H,12-13,32H2,1-7H3. The minimum atomic E-state index is -0.736. The van der Waals surface area contributed by atoms with Gasteiger partial charge in [0.25, 0.3) is 5.56 Å². The Morgan fingerprint density at radius 2 is 1.40 bits per heavy atom. The van der Waals surface area contributed by atoms with Crippen molar-refractivity contribution >= 4 is 22.4 Å². The van der Waals surface area contributed by atoms with Gasteiger partial charge in [0.05, 0.1) is 40.9 Å². The molecular formula is C31H35N3O8. The lowest BCUT2D eigenvalue weighted by molar-refractivity contribution is 0.0591. The Labute approximate surface area is 243 Å². The summed E-state index contributed by atoms with van der Waals surface area (Å²) in [4.78, 5) is 29.8. The number of benzene rings is 3. The quantitative estimate of drug-likeness (QED) is 0.207. The van der Waals surface area contributed by atoms with Crippen molar-refractivity contribution in [3.63, 3.8) is 0 Å². The highest BCUT2D eigenvalue weighted by Crippen LogP contribution is 2.45. The number of carbonyl (C=O) groups is 1. The van der Waals surface area contributed by atoms with Gasteiger partial charge in [-0.1, -0.05) is 0 Å². The van der Waals surface area contributed by atoms with Gasteiger partial charge in [-0.05, 0) is 68.2 Å². The second-order valence-electron chi connectivity index (χ2n) is 9.56. The van der Waals surface area contributed by atoms with Crippen LogP contribution in [0, 0.1) is 0 Å². The molecule has 0 amide bonds. The molecule has 3 aromatic carbocycles. The number of hydrogen-bond donors (Lipinski definition) is 1. The van der Waals surface area contributed by atoms with Crippen LogP contribution in [0.15, 0.2) is 53.3 Å². The lowest BCUT2D eigenvalue weighted by Crippen LogP contribution is -2.27. The highest BCUT2D eigenvalue weighted by atomic mass is 16.5. The van der Waals surface area contributed by atoms with Crippen molar-refractivity contribution in [2.24, 2.45) is 0 Å². The number of fused-ring (bicyclic) bond motifs is 1. The summed E-state index contributed by atoms with van der Waals surface area (Å²) in [5, 5.41) is 0.710. The van der Waals surface area contributed by atoms with E-state index in [0.717, 1.165) is 0 Å². The van der Waals surface area contributed by atoms with Gasteiger partial charge in [0.2, 0.25) is 5.75 Å². The monoisotopic (exact) mass is 577 g/mol. The van der Waals surface area contributed by atoms with E-state index in [9.17, 15) is 9.59 Å². The summed E-state index contributed by atoms with van der Waals surface area (Å²) in [5.41, 5.74) is 7.25. The molecule has 0 aliphatic rings. The first kappa shape index (κ1) is 30.1. The summed E-state index contributed by atoms with van der Waals surface area (Å²) in [6.45, 7) is 1.01. The second kappa shape index (κ2) is 12.7. The van der Waals surface area contributed by atoms with E-state index in [1.54, 1.807) is 48.5 Å². The summed E-state index contributed by atoms with van der Waals surface area (Å²) in [5.74, 6) is 1.12. The van der Waals surface area contributed by atoms with Crippen LogP contribution in [0.4, 0.5) is 5.69 Å². The number of methoxy groups -OCH3 is 5. The lowest BCUT2D eigenvalue weighted by Gasteiger charge is -2.22. The Morgan fingerprint density at radius 3 is 1.93 bits per heavy atom. The molecular weight excluding hydrogens is 542 g/mol. The Hall–Kier alpha value is -4.90. The molecule has 0 spiro atoms. The number of esters is 1. The van der Waals surface area contributed by atoms with Gasteiger partial charge in [0, 0.05) is 28.9 Å². The van der Waals surface area contributed by atoms with E-state index < -0.39 is 11.5 Å². The molecule has 1 aromatic heterocycles. The fourth-order valence-electron chi connectivity index (χ4n) is 4.69. The fraction of sp³-hybridized carbons (Fsp3) is 0.290. The van der Waals surface area contributed by atoms with Crippen LogP contribution in [0.5, 0.6) is 28.7 Å². The Balaban J connectivity index is 2.21. The van der Waals surface area contributed by atoms with E-state index in [-0.39, 0.29) is 11.1 Å². The van der Waals surface area contributed by atoms with Crippen molar-refractivity contribution in [3.8, 4) is 45.6 Å². The zero-order valence-electron chi connectivity index (χ0n) is 24.8. The molecule has 0 fully saturated rings. The van der Waals surface area contributed by atoms with E-state index in [1.807, 2.05) is 19.0 Å². The average molecular weight is 578 g/mol. The van der Waals surface area contributed by atoms with Gasteiger partial charge in [-0.2, -0.15) is 0 Å². The molecule has 42 heavy (non-hydrogen) atoms. The van der Waals surface area contributed by atoms with Crippen molar-refractivity contribution in [2.75, 3.05) is 68.5 Å². The minimum Gasteiger partial charge on any atom is -0.493 e. The number of rotatable bonds is 11. The van der Waals surface area contributed by atoms with Crippen LogP contribution >= 0.6 is 0 Å². The first-order valence-electron chi connectivity index (χ1n) is 13.0. The van der Waals surface area contributed by atoms with Crippen LogP contribution in [0.25, 0.3) is 27.6 Å². The van der Waals surface area contributed by atoms with E-state index in [4.69, 9.17) is 34.2 Å². The first-order valence-corrected chi connectivity index (χ1v) is 13.0. The van der Waals surface area contributed by atoms with Gasteiger partial charge < -0.3 is 39.1 Å². The number of hydrogen-bond acceptors (Lipinski definition) is 10. The average Bonchev–Trinajstić information content (AvgIpc) is 2.99. The highest BCUT2D eigenvalue weighted by molar-refractivity contribution is 6.08. The maximum Gasteiger partial charge on any atom is 0.355 e. The predicted octanol–water partition coefficient (Wildman–Crippen LogP) is 4.00. The number of aromatic nitrogens is 1. The Kier molecular flexibility index (Phi) is 9.12. The minimum absolute atomic E-state index is 0.0163. The van der Waals surface area contributed by atoms with Crippen LogP contribution in [0.1, 0.15) is 10.5 Å².